The van der Waals surface area contributed by atoms with Crippen LogP contribution in [0.3, 0.4) is 0 Å². The number of hydrogen-bond acceptors (Lipinski definition) is 1. The normalized spacial score (nSPS) is 12.8. The van der Waals surface area contributed by atoms with Crippen molar-refractivity contribution in [2.24, 2.45) is 0 Å². The largest absolute Gasteiger partial charge is 0.301 e. The van der Waals surface area contributed by atoms with Gasteiger partial charge < -0.3 is 4.90 Å². The van der Waals surface area contributed by atoms with Gasteiger partial charge in [-0.1, -0.05) is 20.8 Å². The Morgan fingerprint density at radius 3 is 2.38 bits per heavy atom. The fourth-order valence-electron chi connectivity index (χ4n) is 1.78. The van der Waals surface area contributed by atoms with Gasteiger partial charge >= 0.3 is 0 Å². The molecule has 0 aliphatic heterocycles. The molecule has 13 heavy (non-hydrogen) atoms. The predicted octanol–water partition coefficient (Wildman–Crippen LogP) is 2.91. The van der Waals surface area contributed by atoms with Crippen LogP contribution in [0.4, 0.5) is 0 Å². The highest BCUT2D eigenvalue weighted by Gasteiger charge is 2.12. The summed E-state index contributed by atoms with van der Waals surface area (Å²) in [5, 5.41) is 0. The van der Waals surface area contributed by atoms with Crippen molar-refractivity contribution in [2.75, 3.05) is 13.1 Å². The van der Waals surface area contributed by atoms with Crippen LogP contribution in [0, 0.1) is 12.3 Å². The SMILES string of the molecule is C#CCCC(CC)N(CC)CCC. The lowest BCUT2D eigenvalue weighted by Gasteiger charge is -2.29. The van der Waals surface area contributed by atoms with E-state index in [1.807, 2.05) is 0 Å². The maximum atomic E-state index is 5.28. The lowest BCUT2D eigenvalue weighted by atomic mass is 10.1. The van der Waals surface area contributed by atoms with Crippen LogP contribution in [-0.2, 0) is 0 Å². The van der Waals surface area contributed by atoms with Gasteiger partial charge in [0.1, 0.15) is 0 Å². The molecule has 0 rings (SSSR count). The summed E-state index contributed by atoms with van der Waals surface area (Å²) in [6.45, 7) is 9.07. The Balaban J connectivity index is 3.93. The first kappa shape index (κ1) is 12.5. The lowest BCUT2D eigenvalue weighted by molar-refractivity contribution is 0.192. The van der Waals surface area contributed by atoms with Crippen LogP contribution in [-0.4, -0.2) is 24.0 Å². The third kappa shape index (κ3) is 4.95. The van der Waals surface area contributed by atoms with E-state index in [0.29, 0.717) is 6.04 Å². The minimum Gasteiger partial charge on any atom is -0.301 e. The zero-order chi connectivity index (χ0) is 10.1. The first-order valence-corrected chi connectivity index (χ1v) is 5.47. The summed E-state index contributed by atoms with van der Waals surface area (Å²) in [6.07, 6.45) is 9.80. The molecular formula is C12H23N. The Kier molecular flexibility index (Phi) is 7.83. The topological polar surface area (TPSA) is 3.24 Å². The maximum Gasteiger partial charge on any atom is 0.0102 e. The van der Waals surface area contributed by atoms with Gasteiger partial charge in [-0.15, -0.1) is 12.3 Å². The lowest BCUT2D eigenvalue weighted by Crippen LogP contribution is -2.35. The van der Waals surface area contributed by atoms with Crippen molar-refractivity contribution in [3.8, 4) is 12.3 Å². The van der Waals surface area contributed by atoms with Crippen LogP contribution >= 0.6 is 0 Å². The minimum absolute atomic E-state index is 0.695. The van der Waals surface area contributed by atoms with Crippen molar-refractivity contribution in [1.82, 2.24) is 4.90 Å². The quantitative estimate of drug-likeness (QED) is 0.546. The standard InChI is InChI=1S/C12H23N/c1-5-9-10-12(7-3)13(8-4)11-6-2/h1,12H,6-11H2,2-4H3. The summed E-state index contributed by atoms with van der Waals surface area (Å²) in [5.41, 5.74) is 0. The molecule has 0 aromatic heterocycles. The molecule has 0 saturated carbocycles. The zero-order valence-electron chi connectivity index (χ0n) is 9.34. The minimum atomic E-state index is 0.695. The van der Waals surface area contributed by atoms with E-state index in [1.54, 1.807) is 0 Å². The molecule has 0 aliphatic rings. The van der Waals surface area contributed by atoms with E-state index in [2.05, 4.69) is 31.6 Å². The summed E-state index contributed by atoms with van der Waals surface area (Å²) < 4.78 is 0. The molecule has 0 aromatic rings. The van der Waals surface area contributed by atoms with E-state index in [9.17, 15) is 0 Å². The molecule has 0 fully saturated rings. The van der Waals surface area contributed by atoms with Crippen molar-refractivity contribution in [1.29, 1.82) is 0 Å². The van der Waals surface area contributed by atoms with E-state index < -0.39 is 0 Å². The smallest absolute Gasteiger partial charge is 0.0102 e. The van der Waals surface area contributed by atoms with Crippen molar-refractivity contribution >= 4 is 0 Å². The second-order valence-electron chi connectivity index (χ2n) is 3.43. The van der Waals surface area contributed by atoms with Crippen LogP contribution in [0.2, 0.25) is 0 Å². The highest BCUT2D eigenvalue weighted by molar-refractivity contribution is 4.85. The summed E-state index contributed by atoms with van der Waals surface area (Å²) in [5.74, 6) is 2.73. The van der Waals surface area contributed by atoms with E-state index in [1.165, 1.54) is 19.4 Å². The molecule has 1 atom stereocenters. The van der Waals surface area contributed by atoms with E-state index in [4.69, 9.17) is 6.42 Å². The highest BCUT2D eigenvalue weighted by Crippen LogP contribution is 2.10. The average molecular weight is 181 g/mol. The van der Waals surface area contributed by atoms with Crippen molar-refractivity contribution in [3.63, 3.8) is 0 Å². The molecule has 0 saturated heterocycles. The Labute approximate surface area is 83.5 Å². The molecule has 0 amide bonds. The van der Waals surface area contributed by atoms with Gasteiger partial charge in [0.15, 0.2) is 0 Å². The van der Waals surface area contributed by atoms with Gasteiger partial charge in [0.25, 0.3) is 0 Å². The summed E-state index contributed by atoms with van der Waals surface area (Å²) in [7, 11) is 0. The summed E-state index contributed by atoms with van der Waals surface area (Å²) >= 11 is 0. The van der Waals surface area contributed by atoms with Crippen LogP contribution in [0.1, 0.15) is 46.5 Å². The molecule has 0 spiro atoms. The van der Waals surface area contributed by atoms with Crippen LogP contribution in [0.15, 0.2) is 0 Å². The fraction of sp³-hybridized carbons (Fsp3) is 0.833. The molecular weight excluding hydrogens is 158 g/mol. The fourth-order valence-corrected chi connectivity index (χ4v) is 1.78. The maximum absolute atomic E-state index is 5.28. The highest BCUT2D eigenvalue weighted by atomic mass is 15.1. The number of hydrogen-bond donors (Lipinski definition) is 0. The Morgan fingerprint density at radius 2 is 2.00 bits per heavy atom. The van der Waals surface area contributed by atoms with Crippen molar-refractivity contribution < 1.29 is 0 Å². The second kappa shape index (κ2) is 8.13. The molecule has 0 aliphatic carbocycles. The monoisotopic (exact) mass is 181 g/mol. The first-order valence-electron chi connectivity index (χ1n) is 5.47. The van der Waals surface area contributed by atoms with Gasteiger partial charge in [-0.3, -0.25) is 0 Å². The molecule has 76 valence electrons. The molecule has 0 bridgehead atoms. The molecule has 1 nitrogen and oxygen atoms in total. The number of rotatable bonds is 7. The van der Waals surface area contributed by atoms with E-state index >= 15 is 0 Å². The molecule has 1 heteroatoms. The number of nitrogens with zero attached hydrogens (tertiary/aromatic N) is 1. The zero-order valence-corrected chi connectivity index (χ0v) is 9.34. The molecule has 0 radical (unpaired) electrons. The van der Waals surface area contributed by atoms with Gasteiger partial charge in [-0.25, -0.2) is 0 Å². The van der Waals surface area contributed by atoms with Gasteiger partial charge in [-0.05, 0) is 32.4 Å². The Hall–Kier alpha value is -0.480. The summed E-state index contributed by atoms with van der Waals surface area (Å²) in [6, 6.07) is 0.695. The molecule has 0 N–H and O–H groups in total. The Morgan fingerprint density at radius 1 is 1.31 bits per heavy atom. The third-order valence-electron chi connectivity index (χ3n) is 2.53. The van der Waals surface area contributed by atoms with Gasteiger partial charge in [0.05, 0.1) is 0 Å². The van der Waals surface area contributed by atoms with Crippen LogP contribution in [0.5, 0.6) is 0 Å². The molecule has 1 unspecified atom stereocenters. The van der Waals surface area contributed by atoms with Crippen LogP contribution < -0.4 is 0 Å². The van der Waals surface area contributed by atoms with E-state index in [0.717, 1.165) is 19.4 Å². The molecule has 0 aromatic carbocycles. The molecule has 0 heterocycles. The van der Waals surface area contributed by atoms with Crippen LogP contribution in [0.25, 0.3) is 0 Å². The Bertz CT molecular complexity index is 146. The third-order valence-corrected chi connectivity index (χ3v) is 2.53. The van der Waals surface area contributed by atoms with Gasteiger partial charge in [0.2, 0.25) is 0 Å². The average Bonchev–Trinajstić information content (AvgIpc) is 2.17. The van der Waals surface area contributed by atoms with Crippen molar-refractivity contribution in [2.45, 2.75) is 52.5 Å². The number of terminal acetylenes is 1. The van der Waals surface area contributed by atoms with Gasteiger partial charge in [0, 0.05) is 12.5 Å². The van der Waals surface area contributed by atoms with Gasteiger partial charge in [-0.2, -0.15) is 0 Å². The van der Waals surface area contributed by atoms with Crippen molar-refractivity contribution in [3.05, 3.63) is 0 Å². The second-order valence-corrected chi connectivity index (χ2v) is 3.43. The van der Waals surface area contributed by atoms with E-state index in [-0.39, 0.29) is 0 Å². The predicted molar refractivity (Wildman–Crippen MR) is 59.7 cm³/mol. The summed E-state index contributed by atoms with van der Waals surface area (Å²) in [4.78, 5) is 2.54. The first-order chi connectivity index (χ1) is 6.29.